The molecular formula is C10H13NOSe. The van der Waals surface area contributed by atoms with E-state index in [1.165, 1.54) is 17.4 Å². The van der Waals surface area contributed by atoms with Crippen LogP contribution in [-0.2, 0) is 4.79 Å². The molecule has 2 rings (SSSR count). The zero-order chi connectivity index (χ0) is 9.10. The van der Waals surface area contributed by atoms with Gasteiger partial charge in [-0.25, -0.2) is 0 Å². The van der Waals surface area contributed by atoms with Gasteiger partial charge in [0, 0.05) is 0 Å². The molecule has 0 bridgehead atoms. The van der Waals surface area contributed by atoms with E-state index in [9.17, 15) is 4.79 Å². The summed E-state index contributed by atoms with van der Waals surface area (Å²) >= 11 is 0.403. The first-order chi connectivity index (χ1) is 6.38. The Morgan fingerprint density at radius 2 is 2.23 bits per heavy atom. The summed E-state index contributed by atoms with van der Waals surface area (Å²) in [5.41, 5.74) is 0. The van der Waals surface area contributed by atoms with Gasteiger partial charge in [0.25, 0.3) is 0 Å². The van der Waals surface area contributed by atoms with Gasteiger partial charge in [-0.15, -0.1) is 0 Å². The molecule has 1 fully saturated rings. The molecule has 0 aromatic carbocycles. The van der Waals surface area contributed by atoms with Crippen LogP contribution in [0.3, 0.4) is 0 Å². The van der Waals surface area contributed by atoms with Crippen LogP contribution in [-0.4, -0.2) is 27.0 Å². The fraction of sp³-hybridized carbons (Fsp3) is 0.500. The number of carbonyl (C=O) groups excluding carboxylic acids is 1. The number of nitrogens with zero attached hydrogens (tertiary/aromatic N) is 1. The van der Waals surface area contributed by atoms with Crippen molar-refractivity contribution in [2.24, 2.45) is 0 Å². The van der Waals surface area contributed by atoms with Crippen molar-refractivity contribution in [2.45, 2.75) is 25.7 Å². The van der Waals surface area contributed by atoms with E-state index in [0.29, 0.717) is 20.4 Å². The van der Waals surface area contributed by atoms with E-state index in [1.54, 1.807) is 0 Å². The molecule has 0 unspecified atom stereocenters. The molecule has 0 aliphatic carbocycles. The van der Waals surface area contributed by atoms with E-state index in [0.717, 1.165) is 19.4 Å². The van der Waals surface area contributed by atoms with Crippen LogP contribution in [0.5, 0.6) is 0 Å². The summed E-state index contributed by atoms with van der Waals surface area (Å²) in [7, 11) is 0. The summed E-state index contributed by atoms with van der Waals surface area (Å²) in [5.74, 6) is 0.328. The van der Waals surface area contributed by atoms with Crippen molar-refractivity contribution >= 4 is 25.0 Å². The molecule has 1 amide bonds. The molecule has 0 spiro atoms. The number of hydrogen-bond acceptors (Lipinski definition) is 1. The summed E-state index contributed by atoms with van der Waals surface area (Å²) in [6, 6.07) is 4.15. The van der Waals surface area contributed by atoms with E-state index in [-0.39, 0.29) is 0 Å². The van der Waals surface area contributed by atoms with Crippen molar-refractivity contribution in [2.75, 3.05) is 11.4 Å². The van der Waals surface area contributed by atoms with Gasteiger partial charge in [0.2, 0.25) is 0 Å². The standard InChI is InChI=1S/C10H13NOSe/c12-9-5-2-1-3-7-11(9)10-6-4-8-13-10/h4,6,8H,1-3,5,7H2. The zero-order valence-corrected chi connectivity index (χ0v) is 9.24. The minimum absolute atomic E-state index is 0.328. The third-order valence-corrected chi connectivity index (χ3v) is 4.22. The Balaban J connectivity index is 2.16. The van der Waals surface area contributed by atoms with Crippen LogP contribution in [0.2, 0.25) is 0 Å². The molecule has 0 radical (unpaired) electrons. The first kappa shape index (κ1) is 9.04. The van der Waals surface area contributed by atoms with Crippen LogP contribution < -0.4 is 4.90 Å². The van der Waals surface area contributed by atoms with Crippen molar-refractivity contribution in [1.82, 2.24) is 0 Å². The van der Waals surface area contributed by atoms with Gasteiger partial charge in [-0.2, -0.15) is 0 Å². The van der Waals surface area contributed by atoms with Gasteiger partial charge in [-0.1, -0.05) is 0 Å². The molecule has 0 N–H and O–H groups in total. The Kier molecular flexibility index (Phi) is 2.87. The van der Waals surface area contributed by atoms with Crippen LogP contribution in [0.1, 0.15) is 25.7 Å². The molecule has 3 heteroatoms. The molecule has 0 atom stereocenters. The maximum atomic E-state index is 11.7. The second kappa shape index (κ2) is 4.12. The van der Waals surface area contributed by atoms with Gasteiger partial charge >= 0.3 is 84.0 Å². The van der Waals surface area contributed by atoms with Crippen LogP contribution in [0, 0.1) is 0 Å². The fourth-order valence-corrected chi connectivity index (χ4v) is 3.26. The summed E-state index contributed by atoms with van der Waals surface area (Å²) in [6.45, 7) is 0.939. The van der Waals surface area contributed by atoms with Gasteiger partial charge in [0.05, 0.1) is 0 Å². The van der Waals surface area contributed by atoms with E-state index in [1.807, 2.05) is 4.90 Å². The Morgan fingerprint density at radius 3 is 3.00 bits per heavy atom. The average Bonchev–Trinajstić information content (AvgIpc) is 2.56. The van der Waals surface area contributed by atoms with E-state index < -0.39 is 0 Å². The summed E-state index contributed by atoms with van der Waals surface area (Å²) in [4.78, 5) is 15.8. The number of hydrogen-bond donors (Lipinski definition) is 0. The zero-order valence-electron chi connectivity index (χ0n) is 7.53. The summed E-state index contributed by atoms with van der Waals surface area (Å²) < 4.78 is 1.25. The second-order valence-electron chi connectivity index (χ2n) is 3.31. The van der Waals surface area contributed by atoms with Crippen LogP contribution in [0.25, 0.3) is 0 Å². The second-order valence-corrected chi connectivity index (χ2v) is 5.25. The molecule has 1 saturated heterocycles. The Labute approximate surface area is 84.3 Å². The summed E-state index contributed by atoms with van der Waals surface area (Å²) in [5, 5.41) is 0. The van der Waals surface area contributed by atoms with Crippen LogP contribution in [0.4, 0.5) is 4.56 Å². The van der Waals surface area contributed by atoms with Gasteiger partial charge in [-0.3, -0.25) is 0 Å². The van der Waals surface area contributed by atoms with Crippen molar-refractivity contribution in [3.05, 3.63) is 17.1 Å². The van der Waals surface area contributed by atoms with Gasteiger partial charge in [-0.05, 0) is 0 Å². The quantitative estimate of drug-likeness (QED) is 0.686. The van der Waals surface area contributed by atoms with Gasteiger partial charge in [0.1, 0.15) is 0 Å². The van der Waals surface area contributed by atoms with Crippen molar-refractivity contribution in [1.29, 1.82) is 0 Å². The molecule has 13 heavy (non-hydrogen) atoms. The fourth-order valence-electron chi connectivity index (χ4n) is 1.64. The van der Waals surface area contributed by atoms with Crippen molar-refractivity contribution in [3.63, 3.8) is 0 Å². The predicted octanol–water partition coefficient (Wildman–Crippen LogP) is 1.65. The maximum absolute atomic E-state index is 11.7. The number of anilines is 1. The SMILES string of the molecule is O=C1CCCCCN1c1ccc[se]1. The first-order valence-electron chi connectivity index (χ1n) is 4.72. The predicted molar refractivity (Wildman–Crippen MR) is 54.2 cm³/mol. The van der Waals surface area contributed by atoms with Crippen molar-refractivity contribution in [3.8, 4) is 0 Å². The van der Waals surface area contributed by atoms with Crippen LogP contribution >= 0.6 is 0 Å². The molecule has 1 aromatic heterocycles. The Morgan fingerprint density at radius 1 is 1.31 bits per heavy atom. The number of carbonyl (C=O) groups is 1. The third kappa shape index (κ3) is 2.04. The van der Waals surface area contributed by atoms with E-state index in [2.05, 4.69) is 17.1 Å². The molecule has 1 aliphatic rings. The average molecular weight is 242 g/mol. The molecule has 1 aromatic rings. The Bertz CT molecular complexity index is 281. The Hall–Kier alpha value is -0.531. The van der Waals surface area contributed by atoms with Crippen molar-refractivity contribution < 1.29 is 4.79 Å². The van der Waals surface area contributed by atoms with Crippen LogP contribution in [0.15, 0.2) is 17.1 Å². The first-order valence-corrected chi connectivity index (χ1v) is 6.56. The molecule has 2 heterocycles. The van der Waals surface area contributed by atoms with E-state index in [4.69, 9.17) is 0 Å². The molecule has 2 nitrogen and oxygen atoms in total. The van der Waals surface area contributed by atoms with Gasteiger partial charge in [0.15, 0.2) is 0 Å². The molecule has 70 valence electrons. The van der Waals surface area contributed by atoms with E-state index >= 15 is 0 Å². The third-order valence-electron chi connectivity index (χ3n) is 2.35. The number of amides is 1. The normalized spacial score (nSPS) is 18.8. The molecule has 1 aliphatic heterocycles. The monoisotopic (exact) mass is 243 g/mol. The minimum atomic E-state index is 0.328. The van der Waals surface area contributed by atoms with Gasteiger partial charge < -0.3 is 0 Å². The molecule has 0 saturated carbocycles. The summed E-state index contributed by atoms with van der Waals surface area (Å²) in [6.07, 6.45) is 4.19. The number of rotatable bonds is 1. The topological polar surface area (TPSA) is 20.3 Å². The molecular weight excluding hydrogens is 229 g/mol.